The molecule has 0 spiro atoms. The second-order valence-electron chi connectivity index (χ2n) is 6.84. The number of hydrogen-bond acceptors (Lipinski definition) is 4. The van der Waals surface area contributed by atoms with Crippen LogP contribution < -0.4 is 5.32 Å². The lowest BCUT2D eigenvalue weighted by Crippen LogP contribution is -2.19. The summed E-state index contributed by atoms with van der Waals surface area (Å²) in [7, 11) is -3.61. The average molecular weight is 389 g/mol. The Kier molecular flexibility index (Phi) is 6.38. The number of sulfone groups is 1. The van der Waals surface area contributed by atoms with Gasteiger partial charge in [-0.2, -0.15) is 0 Å². The maximum atomic E-state index is 12.5. The molecule has 27 heavy (non-hydrogen) atoms. The molecular formula is C20H23NO5S. The second-order valence-corrected chi connectivity index (χ2v) is 8.85. The molecule has 1 amide bonds. The first-order valence-corrected chi connectivity index (χ1v) is 10.4. The predicted octanol–water partition coefficient (Wildman–Crippen LogP) is 3.56. The van der Waals surface area contributed by atoms with E-state index in [-0.39, 0.29) is 40.3 Å². The molecule has 2 N–H and O–H groups in total. The summed E-state index contributed by atoms with van der Waals surface area (Å²) >= 11 is 0. The van der Waals surface area contributed by atoms with Crippen LogP contribution in [0.25, 0.3) is 0 Å². The van der Waals surface area contributed by atoms with Crippen LogP contribution in [-0.2, 0) is 14.6 Å². The summed E-state index contributed by atoms with van der Waals surface area (Å²) in [4.78, 5) is 23.6. The molecule has 0 radical (unpaired) electrons. The Morgan fingerprint density at radius 2 is 1.70 bits per heavy atom. The molecule has 0 aliphatic carbocycles. The Labute approximate surface area is 159 Å². The standard InChI is InChI=1S/C20H23NO5S/c1-13(2)18(14-7-5-4-6-8-14)12-19(22)21-16-9-15(20(23)24)10-17(11-16)27(3,25)26/h4-11,13,18H,12H2,1-3H3,(H,21,22)(H,23,24). The molecule has 0 aliphatic heterocycles. The van der Waals surface area contributed by atoms with Gasteiger partial charge in [0.2, 0.25) is 5.91 Å². The minimum atomic E-state index is -3.61. The Morgan fingerprint density at radius 1 is 1.07 bits per heavy atom. The number of aromatic carboxylic acids is 1. The van der Waals surface area contributed by atoms with Gasteiger partial charge in [0.05, 0.1) is 10.5 Å². The summed E-state index contributed by atoms with van der Waals surface area (Å²) in [5.41, 5.74) is 0.992. The monoisotopic (exact) mass is 389 g/mol. The van der Waals surface area contributed by atoms with Crippen molar-refractivity contribution in [2.24, 2.45) is 5.92 Å². The number of hydrogen-bond donors (Lipinski definition) is 2. The van der Waals surface area contributed by atoms with Crippen molar-refractivity contribution in [2.75, 3.05) is 11.6 Å². The zero-order chi connectivity index (χ0) is 20.2. The van der Waals surface area contributed by atoms with Gasteiger partial charge >= 0.3 is 5.97 Å². The van der Waals surface area contributed by atoms with Gasteiger partial charge in [0, 0.05) is 18.4 Å². The van der Waals surface area contributed by atoms with Gasteiger partial charge in [-0.3, -0.25) is 4.79 Å². The van der Waals surface area contributed by atoms with E-state index in [1.165, 1.54) is 12.1 Å². The van der Waals surface area contributed by atoms with E-state index >= 15 is 0 Å². The van der Waals surface area contributed by atoms with Crippen LogP contribution in [0, 0.1) is 5.92 Å². The minimum Gasteiger partial charge on any atom is -0.478 e. The van der Waals surface area contributed by atoms with Gasteiger partial charge in [-0.15, -0.1) is 0 Å². The quantitative estimate of drug-likeness (QED) is 0.754. The highest BCUT2D eigenvalue weighted by molar-refractivity contribution is 7.90. The molecule has 7 heteroatoms. The summed E-state index contributed by atoms with van der Waals surface area (Å²) in [6.07, 6.45) is 1.19. The molecule has 0 aliphatic rings. The fraction of sp³-hybridized carbons (Fsp3) is 0.300. The summed E-state index contributed by atoms with van der Waals surface area (Å²) < 4.78 is 23.6. The normalized spacial score (nSPS) is 12.6. The third-order valence-electron chi connectivity index (χ3n) is 4.30. The van der Waals surface area contributed by atoms with Crippen LogP contribution in [0.1, 0.15) is 42.1 Å². The van der Waals surface area contributed by atoms with Crippen molar-refractivity contribution in [2.45, 2.75) is 31.1 Å². The number of carbonyl (C=O) groups excluding carboxylic acids is 1. The summed E-state index contributed by atoms with van der Waals surface area (Å²) in [5, 5.41) is 11.8. The molecular weight excluding hydrogens is 366 g/mol. The van der Waals surface area contributed by atoms with Crippen LogP contribution in [0.4, 0.5) is 5.69 Å². The van der Waals surface area contributed by atoms with E-state index < -0.39 is 15.8 Å². The Morgan fingerprint density at radius 3 is 2.22 bits per heavy atom. The van der Waals surface area contributed by atoms with Crippen molar-refractivity contribution in [1.29, 1.82) is 0 Å². The molecule has 0 heterocycles. The second kappa shape index (κ2) is 8.35. The zero-order valence-electron chi connectivity index (χ0n) is 15.5. The molecule has 1 atom stereocenters. The molecule has 144 valence electrons. The lowest BCUT2D eigenvalue weighted by molar-refractivity contribution is -0.116. The van der Waals surface area contributed by atoms with Gasteiger partial charge in [-0.05, 0) is 35.6 Å². The average Bonchev–Trinajstić information content (AvgIpc) is 2.59. The van der Waals surface area contributed by atoms with E-state index in [1.54, 1.807) is 0 Å². The third-order valence-corrected chi connectivity index (χ3v) is 5.40. The Balaban J connectivity index is 2.26. The van der Waals surface area contributed by atoms with E-state index in [1.807, 2.05) is 44.2 Å². The summed E-state index contributed by atoms with van der Waals surface area (Å²) in [6, 6.07) is 13.3. The first-order chi connectivity index (χ1) is 12.6. The van der Waals surface area contributed by atoms with Crippen LogP contribution in [-0.4, -0.2) is 31.7 Å². The number of benzene rings is 2. The van der Waals surface area contributed by atoms with Gasteiger partial charge in [-0.1, -0.05) is 44.2 Å². The van der Waals surface area contributed by atoms with Gasteiger partial charge in [0.1, 0.15) is 0 Å². The first kappa shape index (κ1) is 20.6. The number of carboxylic acid groups (broad SMARTS) is 1. The van der Waals surface area contributed by atoms with E-state index in [0.29, 0.717) is 0 Å². The number of rotatable bonds is 7. The molecule has 6 nitrogen and oxygen atoms in total. The lowest BCUT2D eigenvalue weighted by Gasteiger charge is -2.21. The molecule has 0 saturated heterocycles. The van der Waals surface area contributed by atoms with E-state index in [9.17, 15) is 23.1 Å². The first-order valence-electron chi connectivity index (χ1n) is 8.51. The van der Waals surface area contributed by atoms with Crippen molar-refractivity contribution in [3.05, 3.63) is 59.7 Å². The fourth-order valence-corrected chi connectivity index (χ4v) is 3.54. The molecule has 2 aromatic rings. The molecule has 0 aromatic heterocycles. The molecule has 2 aromatic carbocycles. The molecule has 0 fully saturated rings. The Bertz CT molecular complexity index is 936. The van der Waals surface area contributed by atoms with Crippen molar-refractivity contribution < 1.29 is 23.1 Å². The predicted molar refractivity (Wildman–Crippen MR) is 104 cm³/mol. The SMILES string of the molecule is CC(C)C(CC(=O)Nc1cc(C(=O)O)cc(S(C)(=O)=O)c1)c1ccccc1. The van der Waals surface area contributed by atoms with Crippen molar-refractivity contribution >= 4 is 27.4 Å². The van der Waals surface area contributed by atoms with Crippen LogP contribution in [0.2, 0.25) is 0 Å². The maximum Gasteiger partial charge on any atom is 0.335 e. The lowest BCUT2D eigenvalue weighted by atomic mass is 9.85. The van der Waals surface area contributed by atoms with Crippen LogP contribution in [0.3, 0.4) is 0 Å². The highest BCUT2D eigenvalue weighted by atomic mass is 32.2. The van der Waals surface area contributed by atoms with Crippen molar-refractivity contribution in [1.82, 2.24) is 0 Å². The summed E-state index contributed by atoms with van der Waals surface area (Å²) in [5.74, 6) is -1.36. The highest BCUT2D eigenvalue weighted by Crippen LogP contribution is 2.28. The van der Waals surface area contributed by atoms with Crippen LogP contribution in [0.15, 0.2) is 53.4 Å². The minimum absolute atomic E-state index is 0.0109. The maximum absolute atomic E-state index is 12.5. The summed E-state index contributed by atoms with van der Waals surface area (Å²) in [6.45, 7) is 4.05. The zero-order valence-corrected chi connectivity index (χ0v) is 16.3. The van der Waals surface area contributed by atoms with E-state index in [2.05, 4.69) is 5.32 Å². The Hall–Kier alpha value is -2.67. The highest BCUT2D eigenvalue weighted by Gasteiger charge is 2.20. The number of anilines is 1. The van der Waals surface area contributed by atoms with Gasteiger partial charge in [-0.25, -0.2) is 13.2 Å². The van der Waals surface area contributed by atoms with Crippen molar-refractivity contribution in [3.8, 4) is 0 Å². The van der Waals surface area contributed by atoms with E-state index in [0.717, 1.165) is 17.9 Å². The molecule has 0 saturated carbocycles. The molecule has 2 rings (SSSR count). The van der Waals surface area contributed by atoms with E-state index in [4.69, 9.17) is 0 Å². The third kappa shape index (κ3) is 5.65. The van der Waals surface area contributed by atoms with Crippen LogP contribution in [0.5, 0.6) is 0 Å². The smallest absolute Gasteiger partial charge is 0.335 e. The van der Waals surface area contributed by atoms with Gasteiger partial charge in [0.15, 0.2) is 9.84 Å². The number of carbonyl (C=O) groups is 2. The largest absolute Gasteiger partial charge is 0.478 e. The number of carboxylic acids is 1. The topological polar surface area (TPSA) is 101 Å². The van der Waals surface area contributed by atoms with Crippen molar-refractivity contribution in [3.63, 3.8) is 0 Å². The number of amides is 1. The fourth-order valence-electron chi connectivity index (χ4n) is 2.86. The molecule has 1 unspecified atom stereocenters. The number of nitrogens with one attached hydrogen (secondary N) is 1. The van der Waals surface area contributed by atoms with Crippen LogP contribution >= 0.6 is 0 Å². The molecule has 0 bridgehead atoms. The van der Waals surface area contributed by atoms with Gasteiger partial charge in [0.25, 0.3) is 0 Å². The van der Waals surface area contributed by atoms with Gasteiger partial charge < -0.3 is 10.4 Å².